The van der Waals surface area contributed by atoms with Crippen LogP contribution in [0.15, 0.2) is 30.5 Å². The van der Waals surface area contributed by atoms with Crippen LogP contribution in [0.25, 0.3) is 0 Å². The largest absolute Gasteiger partial charge is 0.450 e. The van der Waals surface area contributed by atoms with Gasteiger partial charge in [-0.2, -0.15) is 4.98 Å². The Hall–Kier alpha value is -1.88. The zero-order valence-corrected chi connectivity index (χ0v) is 8.47. The number of para-hydroxylation sites is 2. The lowest BCUT2D eigenvalue weighted by molar-refractivity contribution is 0.475. The molecule has 1 aliphatic heterocycles. The van der Waals surface area contributed by atoms with Gasteiger partial charge in [0, 0.05) is 0 Å². The van der Waals surface area contributed by atoms with E-state index in [2.05, 4.69) is 15.3 Å². The first kappa shape index (κ1) is 8.43. The second-order valence-electron chi connectivity index (χ2n) is 3.14. The summed E-state index contributed by atoms with van der Waals surface area (Å²) in [5.41, 5.74) is 0.901. The average molecular weight is 217 g/mol. The highest BCUT2D eigenvalue weighted by Gasteiger charge is 2.16. The molecule has 0 saturated carbocycles. The van der Waals surface area contributed by atoms with Crippen LogP contribution in [0.5, 0.6) is 11.5 Å². The summed E-state index contributed by atoms with van der Waals surface area (Å²) >= 11 is 4.93. The van der Waals surface area contributed by atoms with Crippen LogP contribution in [0.4, 0.5) is 11.5 Å². The van der Waals surface area contributed by atoms with Crippen LogP contribution in [0.2, 0.25) is 0 Å². The van der Waals surface area contributed by atoms with Crippen LogP contribution >= 0.6 is 12.2 Å². The predicted octanol–water partition coefficient (Wildman–Crippen LogP) is 2.99. The number of nitrogens with zero attached hydrogens (tertiary/aromatic N) is 1. The van der Waals surface area contributed by atoms with Gasteiger partial charge < -0.3 is 15.0 Å². The molecule has 0 aliphatic carbocycles. The van der Waals surface area contributed by atoms with Crippen LogP contribution in [0, 0.1) is 4.77 Å². The SMILES string of the molecule is S=c1nc2c(c[nH]1)Oc1ccccc1N2. The molecule has 4 nitrogen and oxygen atoms in total. The van der Waals surface area contributed by atoms with Gasteiger partial charge in [-0.25, -0.2) is 0 Å². The number of ether oxygens (including phenoxy) is 1. The number of H-pyrrole nitrogens is 1. The second-order valence-corrected chi connectivity index (χ2v) is 3.53. The van der Waals surface area contributed by atoms with Crippen molar-refractivity contribution in [2.24, 2.45) is 0 Å². The molecule has 0 spiro atoms. The number of fused-ring (bicyclic) bond motifs is 2. The van der Waals surface area contributed by atoms with E-state index in [4.69, 9.17) is 17.0 Å². The molecule has 0 fully saturated rings. The number of rotatable bonds is 0. The van der Waals surface area contributed by atoms with Gasteiger partial charge in [0.2, 0.25) is 0 Å². The maximum atomic E-state index is 5.63. The van der Waals surface area contributed by atoms with Gasteiger partial charge in [0.15, 0.2) is 22.1 Å². The molecule has 1 aromatic heterocycles. The van der Waals surface area contributed by atoms with Crippen LogP contribution < -0.4 is 10.1 Å². The fourth-order valence-corrected chi connectivity index (χ4v) is 1.61. The minimum Gasteiger partial charge on any atom is -0.450 e. The number of aromatic nitrogens is 2. The van der Waals surface area contributed by atoms with Crippen molar-refractivity contribution in [2.45, 2.75) is 0 Å². The Bertz CT molecular complexity index is 579. The number of anilines is 2. The zero-order valence-electron chi connectivity index (χ0n) is 7.65. The van der Waals surface area contributed by atoms with E-state index in [9.17, 15) is 0 Å². The minimum absolute atomic E-state index is 0.434. The Morgan fingerprint density at radius 2 is 2.07 bits per heavy atom. The summed E-state index contributed by atoms with van der Waals surface area (Å²) in [4.78, 5) is 6.96. The molecule has 2 aromatic rings. The highest BCUT2D eigenvalue weighted by molar-refractivity contribution is 7.71. The third kappa shape index (κ3) is 1.37. The smallest absolute Gasteiger partial charge is 0.198 e. The molecule has 0 saturated heterocycles. The Kier molecular flexibility index (Phi) is 1.72. The molecule has 3 rings (SSSR count). The van der Waals surface area contributed by atoms with Gasteiger partial charge in [-0.15, -0.1) is 0 Å². The van der Waals surface area contributed by atoms with E-state index in [0.717, 1.165) is 11.4 Å². The number of aromatic amines is 1. The quantitative estimate of drug-likeness (QED) is 0.568. The van der Waals surface area contributed by atoms with Crippen molar-refractivity contribution in [1.29, 1.82) is 0 Å². The van der Waals surface area contributed by atoms with Crippen LogP contribution in [-0.4, -0.2) is 9.97 Å². The first-order chi connectivity index (χ1) is 7.33. The molecule has 1 aliphatic rings. The topological polar surface area (TPSA) is 49.9 Å². The van der Waals surface area contributed by atoms with Crippen LogP contribution in [-0.2, 0) is 0 Å². The average Bonchev–Trinajstić information content (AvgIpc) is 2.26. The number of hydrogen-bond acceptors (Lipinski definition) is 4. The van der Waals surface area contributed by atoms with E-state index in [-0.39, 0.29) is 0 Å². The Morgan fingerprint density at radius 1 is 1.20 bits per heavy atom. The lowest BCUT2D eigenvalue weighted by Gasteiger charge is -2.19. The zero-order chi connectivity index (χ0) is 10.3. The van der Waals surface area contributed by atoms with Crippen molar-refractivity contribution in [3.05, 3.63) is 35.2 Å². The molecule has 0 amide bonds. The fourth-order valence-electron chi connectivity index (χ4n) is 1.46. The summed E-state index contributed by atoms with van der Waals surface area (Å²) in [5, 5.41) is 3.16. The highest BCUT2D eigenvalue weighted by Crippen LogP contribution is 2.39. The standard InChI is InChI=1S/C10H7N3OS/c15-10-11-5-8-9(13-10)12-6-3-1-2-4-7(6)14-8/h1-5H,(H2,11,12,13,15). The van der Waals surface area contributed by atoms with Crippen molar-refractivity contribution in [2.75, 3.05) is 5.32 Å². The van der Waals surface area contributed by atoms with Gasteiger partial charge in [-0.05, 0) is 24.4 Å². The normalized spacial score (nSPS) is 12.0. The van der Waals surface area contributed by atoms with Gasteiger partial charge in [0.05, 0.1) is 11.9 Å². The lowest BCUT2D eigenvalue weighted by atomic mass is 10.2. The van der Waals surface area contributed by atoms with Gasteiger partial charge in [-0.3, -0.25) is 0 Å². The molecule has 5 heteroatoms. The summed E-state index contributed by atoms with van der Waals surface area (Å²) in [6, 6.07) is 7.68. The van der Waals surface area contributed by atoms with E-state index >= 15 is 0 Å². The van der Waals surface area contributed by atoms with E-state index < -0.39 is 0 Å². The number of benzene rings is 1. The summed E-state index contributed by atoms with van der Waals surface area (Å²) in [6.07, 6.45) is 1.70. The van der Waals surface area contributed by atoms with Crippen molar-refractivity contribution in [1.82, 2.24) is 9.97 Å². The van der Waals surface area contributed by atoms with Crippen LogP contribution in [0.3, 0.4) is 0 Å². The predicted molar refractivity (Wildman–Crippen MR) is 59.2 cm³/mol. The monoisotopic (exact) mass is 217 g/mol. The van der Waals surface area contributed by atoms with Gasteiger partial charge in [0.25, 0.3) is 0 Å². The molecule has 1 aromatic carbocycles. The third-order valence-electron chi connectivity index (χ3n) is 2.13. The molecular formula is C10H7N3OS. The minimum atomic E-state index is 0.434. The lowest BCUT2D eigenvalue weighted by Crippen LogP contribution is -2.05. The van der Waals surface area contributed by atoms with Crippen molar-refractivity contribution < 1.29 is 4.74 Å². The molecule has 2 heterocycles. The summed E-state index contributed by atoms with van der Waals surface area (Å²) in [7, 11) is 0. The summed E-state index contributed by atoms with van der Waals surface area (Å²) in [5.74, 6) is 2.09. The number of nitrogens with one attached hydrogen (secondary N) is 2. The summed E-state index contributed by atoms with van der Waals surface area (Å²) < 4.78 is 6.06. The first-order valence-electron chi connectivity index (χ1n) is 4.46. The van der Waals surface area contributed by atoms with E-state index in [1.54, 1.807) is 6.20 Å². The highest BCUT2D eigenvalue weighted by atomic mass is 32.1. The summed E-state index contributed by atoms with van der Waals surface area (Å²) in [6.45, 7) is 0. The molecule has 2 N–H and O–H groups in total. The van der Waals surface area contributed by atoms with Crippen molar-refractivity contribution in [3.8, 4) is 11.5 Å². The molecule has 0 bridgehead atoms. The fraction of sp³-hybridized carbons (Fsp3) is 0. The molecule has 0 radical (unpaired) electrons. The maximum absolute atomic E-state index is 5.63. The van der Waals surface area contributed by atoms with E-state index in [0.29, 0.717) is 16.3 Å². The first-order valence-corrected chi connectivity index (χ1v) is 4.87. The Balaban J connectivity index is 2.15. The van der Waals surface area contributed by atoms with Gasteiger partial charge in [-0.1, -0.05) is 12.1 Å². The van der Waals surface area contributed by atoms with Gasteiger partial charge >= 0.3 is 0 Å². The Morgan fingerprint density at radius 3 is 3.00 bits per heavy atom. The van der Waals surface area contributed by atoms with Crippen LogP contribution in [0.1, 0.15) is 0 Å². The van der Waals surface area contributed by atoms with E-state index in [1.165, 1.54) is 0 Å². The van der Waals surface area contributed by atoms with Crippen molar-refractivity contribution >= 4 is 23.7 Å². The molecule has 0 unspecified atom stereocenters. The third-order valence-corrected chi connectivity index (χ3v) is 2.34. The molecule has 15 heavy (non-hydrogen) atoms. The number of hydrogen-bond donors (Lipinski definition) is 2. The van der Waals surface area contributed by atoms with Gasteiger partial charge in [0.1, 0.15) is 0 Å². The molecular weight excluding hydrogens is 210 g/mol. The molecule has 74 valence electrons. The maximum Gasteiger partial charge on any atom is 0.198 e. The van der Waals surface area contributed by atoms with Crippen molar-refractivity contribution in [3.63, 3.8) is 0 Å². The Labute approximate surface area is 90.9 Å². The van der Waals surface area contributed by atoms with E-state index in [1.807, 2.05) is 24.3 Å². The molecule has 0 atom stereocenters. The second kappa shape index (κ2) is 3.06.